The van der Waals surface area contributed by atoms with Crippen LogP contribution in [0.2, 0.25) is 4.34 Å². The molecule has 1 saturated carbocycles. The maximum absolute atomic E-state index is 10.5. The molecule has 7 heteroatoms. The summed E-state index contributed by atoms with van der Waals surface area (Å²) in [5.74, 6) is -0.344. The Labute approximate surface area is 184 Å². The van der Waals surface area contributed by atoms with Crippen molar-refractivity contribution in [3.63, 3.8) is 0 Å². The highest BCUT2D eigenvalue weighted by atomic mass is 79.9. The molecule has 0 aliphatic heterocycles. The number of thiophene rings is 1. The van der Waals surface area contributed by atoms with Gasteiger partial charge in [-0.05, 0) is 78.8 Å². The lowest BCUT2D eigenvalue weighted by Crippen LogP contribution is -2.17. The van der Waals surface area contributed by atoms with Crippen molar-refractivity contribution < 1.29 is 20.1 Å². The molecule has 0 saturated heterocycles. The van der Waals surface area contributed by atoms with Crippen LogP contribution in [0.4, 0.5) is 0 Å². The lowest BCUT2D eigenvalue weighted by Gasteiger charge is -2.18. The van der Waals surface area contributed by atoms with E-state index in [4.69, 9.17) is 16.7 Å². The Hall–Kier alpha value is -0.660. The van der Waals surface area contributed by atoms with E-state index in [1.54, 1.807) is 0 Å². The molecule has 1 aromatic heterocycles. The molecular weight excluding hydrogens is 464 g/mol. The number of aliphatic carboxylic acids is 1. The van der Waals surface area contributed by atoms with Crippen molar-refractivity contribution in [2.24, 2.45) is 11.8 Å². The number of carboxylic acid groups (broad SMARTS) is 1. The van der Waals surface area contributed by atoms with Gasteiger partial charge in [0.15, 0.2) is 0 Å². The number of halogens is 2. The van der Waals surface area contributed by atoms with Gasteiger partial charge in [-0.3, -0.25) is 4.79 Å². The lowest BCUT2D eigenvalue weighted by atomic mass is 9.90. The third-order valence-electron chi connectivity index (χ3n) is 5.14. The molecule has 1 aromatic rings. The van der Waals surface area contributed by atoms with E-state index in [-0.39, 0.29) is 24.4 Å². The van der Waals surface area contributed by atoms with E-state index >= 15 is 0 Å². The largest absolute Gasteiger partial charge is 0.481 e. The number of hydrogen-bond donors (Lipinski definition) is 3. The van der Waals surface area contributed by atoms with Gasteiger partial charge in [0.05, 0.1) is 12.2 Å². The second kappa shape index (κ2) is 12.1. The molecule has 28 heavy (non-hydrogen) atoms. The van der Waals surface area contributed by atoms with Crippen molar-refractivity contribution in [1.82, 2.24) is 0 Å². The maximum Gasteiger partial charge on any atom is 0.303 e. The van der Waals surface area contributed by atoms with E-state index in [1.165, 1.54) is 11.3 Å². The van der Waals surface area contributed by atoms with Gasteiger partial charge in [0.1, 0.15) is 4.34 Å². The molecule has 1 unspecified atom stereocenters. The van der Waals surface area contributed by atoms with E-state index < -0.39 is 12.1 Å². The third kappa shape index (κ3) is 7.99. The first-order valence-electron chi connectivity index (χ1n) is 9.71. The van der Waals surface area contributed by atoms with E-state index in [2.05, 4.69) is 28.1 Å². The van der Waals surface area contributed by atoms with Crippen molar-refractivity contribution in [1.29, 1.82) is 0 Å². The molecule has 4 atom stereocenters. The van der Waals surface area contributed by atoms with Crippen LogP contribution in [-0.4, -0.2) is 33.5 Å². The first kappa shape index (κ1) is 23.6. The number of hydrogen-bond acceptors (Lipinski definition) is 4. The molecule has 0 radical (unpaired) electrons. The zero-order chi connectivity index (χ0) is 20.5. The number of aliphatic hydroxyl groups is 2. The number of unbranched alkanes of at least 4 members (excludes halogenated alkanes) is 1. The van der Waals surface area contributed by atoms with Crippen molar-refractivity contribution in [3.8, 4) is 0 Å². The predicted octanol–water partition coefficient (Wildman–Crippen LogP) is 5.60. The fourth-order valence-corrected chi connectivity index (χ4v) is 5.37. The van der Waals surface area contributed by atoms with Gasteiger partial charge in [-0.1, -0.05) is 35.9 Å². The minimum atomic E-state index is -0.766. The molecule has 0 spiro atoms. The van der Waals surface area contributed by atoms with E-state index in [0.717, 1.165) is 45.8 Å². The summed E-state index contributed by atoms with van der Waals surface area (Å²) in [6, 6.07) is 2.00. The topological polar surface area (TPSA) is 77.8 Å². The Bertz CT molecular complexity index is 668. The summed E-state index contributed by atoms with van der Waals surface area (Å²) in [5.41, 5.74) is 0. The van der Waals surface area contributed by atoms with Crippen LogP contribution in [0.3, 0.4) is 0 Å². The van der Waals surface area contributed by atoms with Crippen molar-refractivity contribution in [3.05, 3.63) is 44.1 Å². The average molecular weight is 492 g/mol. The van der Waals surface area contributed by atoms with E-state index in [0.29, 0.717) is 12.8 Å². The number of allylic oxidation sites excluding steroid dienone is 3. The van der Waals surface area contributed by atoms with Gasteiger partial charge in [-0.2, -0.15) is 0 Å². The molecule has 3 N–H and O–H groups in total. The highest BCUT2D eigenvalue weighted by Crippen LogP contribution is 2.36. The van der Waals surface area contributed by atoms with Gasteiger partial charge in [0.2, 0.25) is 0 Å². The predicted molar refractivity (Wildman–Crippen MR) is 118 cm³/mol. The second-order valence-electron chi connectivity index (χ2n) is 7.29. The van der Waals surface area contributed by atoms with Crippen LogP contribution in [0.25, 0.3) is 0 Å². The lowest BCUT2D eigenvalue weighted by molar-refractivity contribution is -0.137. The van der Waals surface area contributed by atoms with Gasteiger partial charge >= 0.3 is 5.97 Å². The van der Waals surface area contributed by atoms with Gasteiger partial charge in [-0.25, -0.2) is 0 Å². The maximum atomic E-state index is 10.5. The molecule has 0 amide bonds. The monoisotopic (exact) mass is 490 g/mol. The minimum Gasteiger partial charge on any atom is -0.481 e. The molecule has 0 aromatic carbocycles. The normalized spacial score (nSPS) is 23.8. The van der Waals surface area contributed by atoms with Crippen LogP contribution in [0.5, 0.6) is 0 Å². The third-order valence-corrected chi connectivity index (χ3v) is 7.67. The highest BCUT2D eigenvalue weighted by Gasteiger charge is 2.32. The average Bonchev–Trinajstić information content (AvgIpc) is 3.16. The highest BCUT2D eigenvalue weighted by molar-refractivity contribution is 9.10. The number of carboxylic acids is 1. The molecule has 1 aliphatic carbocycles. The molecule has 1 heterocycles. The van der Waals surface area contributed by atoms with Crippen LogP contribution in [0, 0.1) is 11.8 Å². The summed E-state index contributed by atoms with van der Waals surface area (Å²) in [5, 5.41) is 29.2. The van der Waals surface area contributed by atoms with Crippen LogP contribution in [-0.2, 0) is 11.2 Å². The Balaban J connectivity index is 1.76. The zero-order valence-corrected chi connectivity index (χ0v) is 18.9. The molecule has 1 aliphatic rings. The standard InChI is InChI=1S/C21H28BrClO4S/c22-18-13-16(28-21(18)23)11-10-15(24)9-7-14-8-12-19(25)17(14)5-3-1-2-4-6-20(26)27/h1,3,7,9,13-15,17,19,24-25H,2,4-6,8,10-12H2,(H,26,27)/b3-1-,9-7+/t14-,15+,17+,19?/m0/s1. The molecular formula is C21H28BrClO4S. The number of carbonyl (C=O) groups is 1. The summed E-state index contributed by atoms with van der Waals surface area (Å²) in [4.78, 5) is 11.6. The molecule has 1 fully saturated rings. The van der Waals surface area contributed by atoms with E-state index in [1.807, 2.05) is 18.2 Å². The minimum absolute atomic E-state index is 0.159. The summed E-state index contributed by atoms with van der Waals surface area (Å²) in [7, 11) is 0. The first-order chi connectivity index (χ1) is 13.4. The Morgan fingerprint density at radius 1 is 1.39 bits per heavy atom. The molecule has 156 valence electrons. The fraction of sp³-hybridized carbons (Fsp3) is 0.571. The quantitative estimate of drug-likeness (QED) is 0.278. The van der Waals surface area contributed by atoms with Crippen molar-refractivity contribution >= 4 is 44.8 Å². The summed E-state index contributed by atoms with van der Waals surface area (Å²) in [6.45, 7) is 0. The molecule has 4 nitrogen and oxygen atoms in total. The van der Waals surface area contributed by atoms with Crippen LogP contribution in [0.15, 0.2) is 34.8 Å². The Morgan fingerprint density at radius 3 is 2.86 bits per heavy atom. The van der Waals surface area contributed by atoms with E-state index in [9.17, 15) is 15.0 Å². The van der Waals surface area contributed by atoms with Crippen LogP contribution < -0.4 is 0 Å². The molecule has 0 bridgehead atoms. The number of rotatable bonds is 11. The van der Waals surface area contributed by atoms with Crippen molar-refractivity contribution in [2.75, 3.05) is 0 Å². The van der Waals surface area contributed by atoms with Crippen LogP contribution >= 0.6 is 38.9 Å². The number of aryl methyl sites for hydroxylation is 1. The summed E-state index contributed by atoms with van der Waals surface area (Å²) in [6.07, 6.45) is 12.6. The molecule has 2 rings (SSSR count). The fourth-order valence-electron chi connectivity index (χ4n) is 3.56. The smallest absolute Gasteiger partial charge is 0.303 e. The SMILES string of the molecule is O=C(O)CCC/C=C\C[C@H]1C(O)CC[C@@H]1/C=C/[C@@H](O)CCc1cc(Br)c(Cl)s1. The Morgan fingerprint density at radius 2 is 2.18 bits per heavy atom. The first-order valence-corrected chi connectivity index (χ1v) is 11.7. The number of aliphatic hydroxyl groups excluding tert-OH is 2. The Kier molecular flexibility index (Phi) is 10.2. The summed E-state index contributed by atoms with van der Waals surface area (Å²) < 4.78 is 1.64. The van der Waals surface area contributed by atoms with Gasteiger partial charge in [0, 0.05) is 15.8 Å². The van der Waals surface area contributed by atoms with Crippen molar-refractivity contribution in [2.45, 2.75) is 63.6 Å². The van der Waals surface area contributed by atoms with Gasteiger partial charge < -0.3 is 15.3 Å². The zero-order valence-electron chi connectivity index (χ0n) is 15.8. The van der Waals surface area contributed by atoms with Gasteiger partial charge in [-0.15, -0.1) is 11.3 Å². The van der Waals surface area contributed by atoms with Gasteiger partial charge in [0.25, 0.3) is 0 Å². The summed E-state index contributed by atoms with van der Waals surface area (Å²) >= 11 is 11.0. The van der Waals surface area contributed by atoms with Crippen LogP contribution in [0.1, 0.15) is 49.8 Å². The second-order valence-corrected chi connectivity index (χ2v) is 9.88.